The van der Waals surface area contributed by atoms with E-state index in [9.17, 15) is 4.79 Å². The predicted molar refractivity (Wildman–Crippen MR) is 67.5 cm³/mol. The highest BCUT2D eigenvalue weighted by atomic mass is 32.2. The summed E-state index contributed by atoms with van der Waals surface area (Å²) in [5.74, 6) is 2.49. The Hall–Kier alpha value is -1.00. The Kier molecular flexibility index (Phi) is 3.85. The minimum Gasteiger partial charge on any atom is -0.366 e. The summed E-state index contributed by atoms with van der Waals surface area (Å²) in [6, 6.07) is 7.58. The van der Waals surface area contributed by atoms with E-state index in [1.807, 2.05) is 30.0 Å². The van der Waals surface area contributed by atoms with E-state index in [1.54, 1.807) is 6.07 Å². The molecule has 3 N–H and O–H groups in total. The summed E-state index contributed by atoms with van der Waals surface area (Å²) in [5.41, 5.74) is 7.03. The van der Waals surface area contributed by atoms with E-state index in [2.05, 4.69) is 5.32 Å². The smallest absolute Gasteiger partial charge is 0.249 e. The molecule has 1 aliphatic rings. The number of carbonyl (C=O) groups excluding carboxylic acids is 1. The molecule has 1 fully saturated rings. The summed E-state index contributed by atoms with van der Waals surface area (Å²) in [6.07, 6.45) is 0. The molecule has 0 bridgehead atoms. The number of thioether (sulfide) groups is 1. The first-order valence-electron chi connectivity index (χ1n) is 5.43. The summed E-state index contributed by atoms with van der Waals surface area (Å²) >= 11 is 1.87. The van der Waals surface area contributed by atoms with Crippen molar-refractivity contribution in [3.05, 3.63) is 35.4 Å². The topological polar surface area (TPSA) is 55.1 Å². The minimum absolute atomic E-state index is 0.332. The van der Waals surface area contributed by atoms with Crippen molar-refractivity contribution in [2.45, 2.75) is 5.75 Å². The van der Waals surface area contributed by atoms with Gasteiger partial charge in [0.1, 0.15) is 0 Å². The first-order valence-corrected chi connectivity index (χ1v) is 6.59. The molecule has 0 spiro atoms. The summed E-state index contributed by atoms with van der Waals surface area (Å²) in [6.45, 7) is 2.26. The van der Waals surface area contributed by atoms with E-state index in [4.69, 9.17) is 5.73 Å². The molecule has 1 aliphatic heterocycles. The van der Waals surface area contributed by atoms with Crippen LogP contribution in [0, 0.1) is 5.92 Å². The zero-order valence-corrected chi connectivity index (χ0v) is 9.93. The first-order chi connectivity index (χ1) is 7.77. The molecule has 0 unspecified atom stereocenters. The van der Waals surface area contributed by atoms with Gasteiger partial charge in [0.15, 0.2) is 0 Å². The lowest BCUT2D eigenvalue weighted by atomic mass is 10.1. The second-order valence-corrected chi connectivity index (χ2v) is 5.09. The molecule has 2 rings (SSSR count). The first kappa shape index (κ1) is 11.5. The van der Waals surface area contributed by atoms with E-state index in [0.717, 1.165) is 36.1 Å². The fraction of sp³-hybridized carbons (Fsp3) is 0.417. The molecule has 16 heavy (non-hydrogen) atoms. The molecule has 1 amide bonds. The summed E-state index contributed by atoms with van der Waals surface area (Å²) in [5, 5.41) is 3.25. The number of carbonyl (C=O) groups is 1. The average Bonchev–Trinajstić information content (AvgIpc) is 2.22. The molecule has 4 heteroatoms. The van der Waals surface area contributed by atoms with Crippen LogP contribution in [0.25, 0.3) is 0 Å². The van der Waals surface area contributed by atoms with Gasteiger partial charge >= 0.3 is 0 Å². The molecule has 0 aromatic heterocycles. The van der Waals surface area contributed by atoms with Crippen molar-refractivity contribution in [3.63, 3.8) is 0 Å². The number of hydrogen-bond donors (Lipinski definition) is 2. The molecule has 1 saturated heterocycles. The molecule has 1 aromatic rings. The number of hydrogen-bond acceptors (Lipinski definition) is 3. The van der Waals surface area contributed by atoms with Crippen LogP contribution in [0.5, 0.6) is 0 Å². The molecule has 3 nitrogen and oxygen atoms in total. The molecule has 0 radical (unpaired) electrons. The third-order valence-electron chi connectivity index (χ3n) is 2.76. The summed E-state index contributed by atoms with van der Waals surface area (Å²) < 4.78 is 0. The Morgan fingerprint density at radius 1 is 1.44 bits per heavy atom. The van der Waals surface area contributed by atoms with E-state index in [0.29, 0.717) is 5.56 Å². The van der Waals surface area contributed by atoms with Gasteiger partial charge < -0.3 is 11.1 Å². The highest BCUT2D eigenvalue weighted by molar-refractivity contribution is 7.98. The third-order valence-corrected chi connectivity index (χ3v) is 3.98. The van der Waals surface area contributed by atoms with Crippen LogP contribution in [-0.4, -0.2) is 24.7 Å². The van der Waals surface area contributed by atoms with Gasteiger partial charge in [-0.05, 0) is 36.4 Å². The van der Waals surface area contributed by atoms with Crippen LogP contribution in [0.3, 0.4) is 0 Å². The number of nitrogens with two attached hydrogens (primary N) is 1. The van der Waals surface area contributed by atoms with Crippen molar-refractivity contribution in [3.8, 4) is 0 Å². The maximum Gasteiger partial charge on any atom is 0.249 e. The Bertz CT molecular complexity index is 377. The minimum atomic E-state index is -0.332. The number of primary amides is 1. The zero-order chi connectivity index (χ0) is 11.4. The second-order valence-electron chi connectivity index (χ2n) is 4.06. The third kappa shape index (κ3) is 2.77. The van der Waals surface area contributed by atoms with Crippen LogP contribution < -0.4 is 11.1 Å². The second kappa shape index (κ2) is 5.37. The lowest BCUT2D eigenvalue weighted by Crippen LogP contribution is -2.43. The number of benzene rings is 1. The highest BCUT2D eigenvalue weighted by Gasteiger charge is 2.16. The quantitative estimate of drug-likeness (QED) is 0.808. The van der Waals surface area contributed by atoms with Crippen LogP contribution in [0.1, 0.15) is 15.9 Å². The normalized spacial score (nSPS) is 15.8. The molecular formula is C12H16N2OS. The molecule has 86 valence electrons. The van der Waals surface area contributed by atoms with E-state index < -0.39 is 0 Å². The van der Waals surface area contributed by atoms with Gasteiger partial charge in [-0.25, -0.2) is 0 Å². The Balaban J connectivity index is 1.89. The maximum absolute atomic E-state index is 11.2. The largest absolute Gasteiger partial charge is 0.366 e. The fourth-order valence-corrected chi connectivity index (χ4v) is 2.85. The van der Waals surface area contributed by atoms with Crippen molar-refractivity contribution in [1.29, 1.82) is 0 Å². The molecule has 0 atom stereocenters. The van der Waals surface area contributed by atoms with Crippen molar-refractivity contribution < 1.29 is 4.79 Å². The molecule has 0 saturated carbocycles. The van der Waals surface area contributed by atoms with Crippen molar-refractivity contribution >= 4 is 17.7 Å². The van der Waals surface area contributed by atoms with E-state index >= 15 is 0 Å². The van der Waals surface area contributed by atoms with Crippen molar-refractivity contribution in [2.24, 2.45) is 11.7 Å². The molecule has 0 aliphatic carbocycles. The molecule has 1 aromatic carbocycles. The van der Waals surface area contributed by atoms with Gasteiger partial charge in [-0.3, -0.25) is 4.79 Å². The van der Waals surface area contributed by atoms with Gasteiger partial charge in [-0.15, -0.1) is 0 Å². The zero-order valence-electron chi connectivity index (χ0n) is 9.11. The SMILES string of the molecule is NC(=O)c1ccccc1CSCC1CNC1. The van der Waals surface area contributed by atoms with Gasteiger partial charge in [0.25, 0.3) is 0 Å². The fourth-order valence-electron chi connectivity index (χ4n) is 1.69. The Morgan fingerprint density at radius 3 is 2.81 bits per heavy atom. The van der Waals surface area contributed by atoms with Gasteiger partial charge in [0.2, 0.25) is 5.91 Å². The van der Waals surface area contributed by atoms with Crippen molar-refractivity contribution in [1.82, 2.24) is 5.32 Å². The number of amides is 1. The lowest BCUT2D eigenvalue weighted by Gasteiger charge is -2.26. The van der Waals surface area contributed by atoms with Gasteiger partial charge in [0.05, 0.1) is 0 Å². The van der Waals surface area contributed by atoms with Gasteiger partial charge in [-0.1, -0.05) is 18.2 Å². The van der Waals surface area contributed by atoms with E-state index in [1.165, 1.54) is 0 Å². The van der Waals surface area contributed by atoms with Crippen LogP contribution in [0.4, 0.5) is 0 Å². The average molecular weight is 236 g/mol. The van der Waals surface area contributed by atoms with E-state index in [-0.39, 0.29) is 5.91 Å². The predicted octanol–water partition coefficient (Wildman–Crippen LogP) is 1.24. The Labute approximate surface area is 99.8 Å². The lowest BCUT2D eigenvalue weighted by molar-refractivity contribution is 0.0999. The van der Waals surface area contributed by atoms with Crippen LogP contribution >= 0.6 is 11.8 Å². The number of nitrogens with one attached hydrogen (secondary N) is 1. The summed E-state index contributed by atoms with van der Waals surface area (Å²) in [4.78, 5) is 11.2. The van der Waals surface area contributed by atoms with Crippen molar-refractivity contribution in [2.75, 3.05) is 18.8 Å². The standard InChI is InChI=1S/C12H16N2OS/c13-12(15)11-4-2-1-3-10(11)8-16-7-9-5-14-6-9/h1-4,9,14H,5-8H2,(H2,13,15). The van der Waals surface area contributed by atoms with Crippen LogP contribution in [0.15, 0.2) is 24.3 Å². The van der Waals surface area contributed by atoms with Gasteiger partial charge in [-0.2, -0.15) is 11.8 Å². The van der Waals surface area contributed by atoms with Crippen LogP contribution in [0.2, 0.25) is 0 Å². The summed E-state index contributed by atoms with van der Waals surface area (Å²) in [7, 11) is 0. The highest BCUT2D eigenvalue weighted by Crippen LogP contribution is 2.19. The number of rotatable bonds is 5. The van der Waals surface area contributed by atoms with Gasteiger partial charge in [0, 0.05) is 11.3 Å². The Morgan fingerprint density at radius 2 is 2.19 bits per heavy atom. The molecular weight excluding hydrogens is 220 g/mol. The molecule has 1 heterocycles. The monoisotopic (exact) mass is 236 g/mol. The van der Waals surface area contributed by atoms with Crippen LogP contribution in [-0.2, 0) is 5.75 Å². The maximum atomic E-state index is 11.2.